The molecule has 1 aromatic heterocycles. The first-order chi connectivity index (χ1) is 11.1. The Balaban J connectivity index is 2.13. The molecule has 0 fully saturated rings. The summed E-state index contributed by atoms with van der Waals surface area (Å²) in [6.07, 6.45) is 3.36. The normalized spacial score (nSPS) is 11.3. The summed E-state index contributed by atoms with van der Waals surface area (Å²) in [7, 11) is 0. The Labute approximate surface area is 140 Å². The van der Waals surface area contributed by atoms with Gasteiger partial charge in [0.1, 0.15) is 16.4 Å². The molecule has 0 atom stereocenters. The Morgan fingerprint density at radius 3 is 2.57 bits per heavy atom. The lowest BCUT2D eigenvalue weighted by atomic mass is 10.2. The highest BCUT2D eigenvalue weighted by molar-refractivity contribution is 7.14. The lowest BCUT2D eigenvalue weighted by Gasteiger charge is -2.24. The number of azo groups is 1. The van der Waals surface area contributed by atoms with Gasteiger partial charge in [0, 0.05) is 24.8 Å². The Morgan fingerprint density at radius 2 is 1.96 bits per heavy atom. The minimum Gasteiger partial charge on any atom is -0.506 e. The van der Waals surface area contributed by atoms with Crippen LogP contribution in [0.15, 0.2) is 28.4 Å². The summed E-state index contributed by atoms with van der Waals surface area (Å²) in [6.45, 7) is 8.17. The summed E-state index contributed by atoms with van der Waals surface area (Å²) < 4.78 is 0. The molecule has 1 aromatic carbocycles. The van der Waals surface area contributed by atoms with E-state index in [0.29, 0.717) is 10.8 Å². The van der Waals surface area contributed by atoms with Crippen molar-refractivity contribution in [2.75, 3.05) is 18.0 Å². The summed E-state index contributed by atoms with van der Waals surface area (Å²) in [5.41, 5.74) is 1.46. The number of nitrogens with zero attached hydrogens (tertiary/aromatic N) is 5. The van der Waals surface area contributed by atoms with E-state index in [1.807, 2.05) is 13.0 Å². The fraction of sp³-hybridized carbons (Fsp3) is 0.500. The number of hydrogen-bond acceptors (Lipinski definition) is 7. The van der Waals surface area contributed by atoms with Gasteiger partial charge < -0.3 is 10.0 Å². The molecule has 0 amide bonds. The fourth-order valence-electron chi connectivity index (χ4n) is 2.21. The predicted molar refractivity (Wildman–Crippen MR) is 94.3 cm³/mol. The molecule has 23 heavy (non-hydrogen) atoms. The molecule has 1 N–H and O–H groups in total. The van der Waals surface area contributed by atoms with Crippen molar-refractivity contribution >= 4 is 27.8 Å². The molecule has 2 rings (SSSR count). The van der Waals surface area contributed by atoms with Crippen molar-refractivity contribution in [3.63, 3.8) is 0 Å². The average molecular weight is 333 g/mol. The van der Waals surface area contributed by atoms with Gasteiger partial charge in [0.25, 0.3) is 5.13 Å². The van der Waals surface area contributed by atoms with Gasteiger partial charge in [-0.05, 0) is 31.9 Å². The first-order valence-corrected chi connectivity index (χ1v) is 8.75. The highest BCUT2D eigenvalue weighted by atomic mass is 32.1. The molecular weight excluding hydrogens is 310 g/mol. The number of unbranched alkanes of at least 4 members (excludes halogenated alkanes) is 1. The van der Waals surface area contributed by atoms with Gasteiger partial charge in [0.15, 0.2) is 0 Å². The van der Waals surface area contributed by atoms with Crippen molar-refractivity contribution in [1.82, 2.24) is 10.2 Å². The molecular formula is C16H23N5OS. The second-order valence-corrected chi connectivity index (χ2v) is 6.48. The molecule has 2 aromatic rings. The topological polar surface area (TPSA) is 74.0 Å². The van der Waals surface area contributed by atoms with Gasteiger partial charge in [-0.1, -0.05) is 31.6 Å². The SMILES string of the molecule is CCCCN(CCC)c1ccc(N=Nc2nnc(C)s2)c(O)c1. The summed E-state index contributed by atoms with van der Waals surface area (Å²) in [6, 6.07) is 5.52. The van der Waals surface area contributed by atoms with Gasteiger partial charge >= 0.3 is 0 Å². The Hall–Kier alpha value is -2.02. The number of phenols is 1. The van der Waals surface area contributed by atoms with E-state index in [2.05, 4.69) is 39.2 Å². The van der Waals surface area contributed by atoms with E-state index in [1.165, 1.54) is 11.3 Å². The van der Waals surface area contributed by atoms with Crippen molar-refractivity contribution in [2.24, 2.45) is 10.2 Å². The third-order valence-electron chi connectivity index (χ3n) is 3.36. The van der Waals surface area contributed by atoms with Crippen LogP contribution in [0.5, 0.6) is 5.75 Å². The number of aromatic hydroxyl groups is 1. The molecule has 0 bridgehead atoms. The van der Waals surface area contributed by atoms with Crippen LogP contribution in [0.3, 0.4) is 0 Å². The maximum absolute atomic E-state index is 10.2. The van der Waals surface area contributed by atoms with Crippen molar-refractivity contribution in [1.29, 1.82) is 0 Å². The van der Waals surface area contributed by atoms with Crippen LogP contribution in [-0.4, -0.2) is 28.4 Å². The van der Waals surface area contributed by atoms with Gasteiger partial charge in [0.2, 0.25) is 0 Å². The van der Waals surface area contributed by atoms with Crippen LogP contribution in [0.2, 0.25) is 0 Å². The molecule has 6 nitrogen and oxygen atoms in total. The number of aromatic nitrogens is 2. The highest BCUT2D eigenvalue weighted by Gasteiger charge is 2.09. The Morgan fingerprint density at radius 1 is 1.13 bits per heavy atom. The minimum atomic E-state index is 0.130. The summed E-state index contributed by atoms with van der Waals surface area (Å²) in [5.74, 6) is 0.130. The van der Waals surface area contributed by atoms with Crippen molar-refractivity contribution in [3.05, 3.63) is 23.2 Å². The van der Waals surface area contributed by atoms with E-state index in [1.54, 1.807) is 12.1 Å². The van der Waals surface area contributed by atoms with Crippen LogP contribution in [0.25, 0.3) is 0 Å². The van der Waals surface area contributed by atoms with Crippen molar-refractivity contribution < 1.29 is 5.11 Å². The number of hydrogen-bond donors (Lipinski definition) is 1. The third kappa shape index (κ3) is 4.99. The second-order valence-electron chi connectivity index (χ2n) is 5.32. The number of anilines is 1. The van der Waals surface area contributed by atoms with Gasteiger partial charge in [0.05, 0.1) is 0 Å². The number of phenolic OH excluding ortho intramolecular Hbond substituents is 1. The molecule has 0 aliphatic carbocycles. The molecule has 0 spiro atoms. The monoisotopic (exact) mass is 333 g/mol. The molecule has 0 aliphatic rings. The third-order valence-corrected chi connectivity index (χ3v) is 4.08. The van der Waals surface area contributed by atoms with Gasteiger partial charge in [-0.15, -0.1) is 20.4 Å². The molecule has 0 radical (unpaired) electrons. The summed E-state index contributed by atoms with van der Waals surface area (Å²) in [5, 5.41) is 27.4. The van der Waals surface area contributed by atoms with E-state index in [4.69, 9.17) is 0 Å². The minimum absolute atomic E-state index is 0.130. The molecule has 7 heteroatoms. The van der Waals surface area contributed by atoms with Crippen molar-refractivity contribution in [3.8, 4) is 5.75 Å². The summed E-state index contributed by atoms with van der Waals surface area (Å²) in [4.78, 5) is 2.29. The second kappa shape index (κ2) is 8.57. The van der Waals surface area contributed by atoms with Gasteiger partial charge in [-0.3, -0.25) is 0 Å². The van der Waals surface area contributed by atoms with Crippen molar-refractivity contribution in [2.45, 2.75) is 40.0 Å². The Kier molecular flexibility index (Phi) is 6.46. The zero-order valence-corrected chi connectivity index (χ0v) is 14.7. The zero-order valence-electron chi connectivity index (χ0n) is 13.9. The number of benzene rings is 1. The van der Waals surface area contributed by atoms with Gasteiger partial charge in [-0.2, -0.15) is 0 Å². The lowest BCUT2D eigenvalue weighted by Crippen LogP contribution is -2.25. The maximum Gasteiger partial charge on any atom is 0.251 e. The molecule has 0 aliphatic heterocycles. The highest BCUT2D eigenvalue weighted by Crippen LogP contribution is 2.32. The zero-order chi connectivity index (χ0) is 16.7. The van der Waals surface area contributed by atoms with Crippen LogP contribution in [-0.2, 0) is 0 Å². The quantitative estimate of drug-likeness (QED) is 0.691. The van der Waals surface area contributed by atoms with E-state index in [0.717, 1.165) is 43.0 Å². The largest absolute Gasteiger partial charge is 0.506 e. The van der Waals surface area contributed by atoms with Crippen LogP contribution < -0.4 is 4.90 Å². The van der Waals surface area contributed by atoms with Crippen LogP contribution in [0.1, 0.15) is 38.1 Å². The van der Waals surface area contributed by atoms with E-state index in [-0.39, 0.29) is 5.75 Å². The number of aryl methyl sites for hydroxylation is 1. The summed E-state index contributed by atoms with van der Waals surface area (Å²) >= 11 is 1.36. The van der Waals surface area contributed by atoms with E-state index < -0.39 is 0 Å². The molecule has 0 unspecified atom stereocenters. The van der Waals surface area contributed by atoms with Crippen LogP contribution in [0, 0.1) is 6.92 Å². The van der Waals surface area contributed by atoms with E-state index in [9.17, 15) is 5.11 Å². The fourth-order valence-corrected chi connectivity index (χ4v) is 2.71. The molecule has 0 saturated heterocycles. The Bertz CT molecular complexity index is 656. The first-order valence-electron chi connectivity index (χ1n) is 7.93. The molecule has 1 heterocycles. The maximum atomic E-state index is 10.2. The molecule has 124 valence electrons. The van der Waals surface area contributed by atoms with E-state index >= 15 is 0 Å². The molecule has 0 saturated carbocycles. The first kappa shape index (κ1) is 17.3. The smallest absolute Gasteiger partial charge is 0.251 e. The van der Waals surface area contributed by atoms with Crippen LogP contribution in [0.4, 0.5) is 16.5 Å². The number of rotatable bonds is 8. The van der Waals surface area contributed by atoms with Gasteiger partial charge in [-0.25, -0.2) is 0 Å². The predicted octanol–water partition coefficient (Wildman–Crippen LogP) is 4.98. The van der Waals surface area contributed by atoms with Crippen LogP contribution >= 0.6 is 11.3 Å². The lowest BCUT2D eigenvalue weighted by molar-refractivity contribution is 0.476. The average Bonchev–Trinajstić information content (AvgIpc) is 2.95. The standard InChI is InChI=1S/C16H23N5OS/c1-4-6-10-21(9-5-2)13-7-8-14(15(22)11-13)18-20-16-19-17-12(3)23-16/h7-8,11,22H,4-6,9-10H2,1-3H3.